The lowest BCUT2D eigenvalue weighted by molar-refractivity contribution is -0.122. The van der Waals surface area contributed by atoms with Crippen molar-refractivity contribution in [1.82, 2.24) is 5.32 Å². The summed E-state index contributed by atoms with van der Waals surface area (Å²) in [5, 5.41) is 2.28. The highest BCUT2D eigenvalue weighted by atomic mass is 127. The third kappa shape index (κ3) is 6.57. The van der Waals surface area contributed by atoms with Gasteiger partial charge >= 0.3 is 6.03 Å². The summed E-state index contributed by atoms with van der Waals surface area (Å²) >= 11 is 2.25. The van der Waals surface area contributed by atoms with Gasteiger partial charge in [-0.15, -0.1) is 6.58 Å². The maximum atomic E-state index is 13.4. The Bertz CT molecular complexity index is 1430. The molecule has 4 amide bonds. The normalized spacial score (nSPS) is 14.4. The number of hydrogen-bond donors (Lipinski definition) is 1. The number of amides is 4. The molecular formula is C31H29IN2O5. The minimum Gasteiger partial charge on any atom is -0.490 e. The van der Waals surface area contributed by atoms with Crippen LogP contribution in [0.5, 0.6) is 11.5 Å². The molecule has 39 heavy (non-hydrogen) atoms. The Labute approximate surface area is 241 Å². The van der Waals surface area contributed by atoms with Crippen molar-refractivity contribution in [1.29, 1.82) is 0 Å². The van der Waals surface area contributed by atoms with Crippen LogP contribution in [0.2, 0.25) is 0 Å². The number of anilines is 1. The largest absolute Gasteiger partial charge is 0.490 e. The number of rotatable bonds is 10. The molecule has 0 saturated carbocycles. The highest BCUT2D eigenvalue weighted by Gasteiger charge is 2.36. The number of benzene rings is 3. The van der Waals surface area contributed by atoms with Crippen molar-refractivity contribution >= 4 is 52.2 Å². The summed E-state index contributed by atoms with van der Waals surface area (Å²) in [5.41, 5.74) is 3.66. The van der Waals surface area contributed by atoms with Gasteiger partial charge in [-0.25, -0.2) is 9.69 Å². The van der Waals surface area contributed by atoms with E-state index >= 15 is 0 Å². The van der Waals surface area contributed by atoms with Gasteiger partial charge in [-0.3, -0.25) is 14.9 Å². The van der Waals surface area contributed by atoms with Gasteiger partial charge in [0.1, 0.15) is 12.2 Å². The van der Waals surface area contributed by atoms with E-state index in [9.17, 15) is 14.4 Å². The number of halogens is 1. The number of urea groups is 1. The first-order chi connectivity index (χ1) is 18.8. The maximum absolute atomic E-state index is 13.4. The van der Waals surface area contributed by atoms with Crippen LogP contribution in [0, 0.1) is 3.57 Å². The van der Waals surface area contributed by atoms with Crippen LogP contribution < -0.4 is 19.7 Å². The molecule has 200 valence electrons. The average Bonchev–Trinajstić information content (AvgIpc) is 2.92. The lowest BCUT2D eigenvalue weighted by Crippen LogP contribution is -2.54. The standard InChI is InChI=1S/C31H29IN2O5/c1-4-7-23-16-22(18-27(38-6-3)28(23)39-19-21-8-12-24(32)13-9-21)17-26-29(35)33-31(37)34(30(26)36)25-14-10-20(5-2)11-15-25/h4,8-18H,1,5-7,19H2,2-3H3,(H,33,35,37)/b26-17-. The zero-order chi connectivity index (χ0) is 27.9. The Morgan fingerprint density at radius 2 is 1.64 bits per heavy atom. The lowest BCUT2D eigenvalue weighted by atomic mass is 10.0. The first-order valence-corrected chi connectivity index (χ1v) is 13.7. The summed E-state index contributed by atoms with van der Waals surface area (Å²) in [6, 6.07) is 17.9. The molecular weight excluding hydrogens is 607 g/mol. The summed E-state index contributed by atoms with van der Waals surface area (Å²) in [6.07, 6.45) is 4.52. The minimum absolute atomic E-state index is 0.159. The number of carbonyl (C=O) groups is 3. The van der Waals surface area contributed by atoms with E-state index in [1.807, 2.05) is 56.3 Å². The number of imide groups is 2. The van der Waals surface area contributed by atoms with E-state index in [1.165, 1.54) is 6.08 Å². The number of ether oxygens (including phenoxy) is 2. The van der Waals surface area contributed by atoms with Gasteiger partial charge in [-0.2, -0.15) is 0 Å². The summed E-state index contributed by atoms with van der Waals surface area (Å²) in [6.45, 7) is 8.48. The lowest BCUT2D eigenvalue weighted by Gasteiger charge is -2.26. The molecule has 0 unspecified atom stereocenters. The highest BCUT2D eigenvalue weighted by molar-refractivity contribution is 14.1. The van der Waals surface area contributed by atoms with E-state index in [2.05, 4.69) is 34.5 Å². The number of carbonyl (C=O) groups excluding carboxylic acids is 3. The third-order valence-electron chi connectivity index (χ3n) is 6.13. The maximum Gasteiger partial charge on any atom is 0.335 e. The van der Waals surface area contributed by atoms with Gasteiger partial charge in [0.2, 0.25) is 0 Å². The zero-order valence-electron chi connectivity index (χ0n) is 21.8. The average molecular weight is 636 g/mol. The SMILES string of the molecule is C=CCc1cc(/C=C2/C(=O)NC(=O)N(c3ccc(CC)cc3)C2=O)cc(OCC)c1OCc1ccc(I)cc1. The Hall–Kier alpha value is -3.92. The molecule has 0 aromatic heterocycles. The summed E-state index contributed by atoms with van der Waals surface area (Å²) in [5.74, 6) is -0.394. The van der Waals surface area contributed by atoms with E-state index in [1.54, 1.807) is 24.3 Å². The van der Waals surface area contributed by atoms with Crippen molar-refractivity contribution in [2.24, 2.45) is 0 Å². The minimum atomic E-state index is -0.784. The van der Waals surface area contributed by atoms with Crippen LogP contribution in [0.15, 0.2) is 78.9 Å². The third-order valence-corrected chi connectivity index (χ3v) is 6.85. The van der Waals surface area contributed by atoms with Crippen molar-refractivity contribution in [3.63, 3.8) is 0 Å². The fourth-order valence-electron chi connectivity index (χ4n) is 4.18. The molecule has 1 aliphatic rings. The van der Waals surface area contributed by atoms with E-state index in [-0.39, 0.29) is 5.57 Å². The molecule has 0 atom stereocenters. The first-order valence-electron chi connectivity index (χ1n) is 12.6. The van der Waals surface area contributed by atoms with Gasteiger partial charge in [0.05, 0.1) is 12.3 Å². The number of nitrogens with one attached hydrogen (secondary N) is 1. The second-order valence-electron chi connectivity index (χ2n) is 8.83. The number of hydrogen-bond acceptors (Lipinski definition) is 5. The molecule has 3 aromatic carbocycles. The summed E-state index contributed by atoms with van der Waals surface area (Å²) in [4.78, 5) is 39.7. The van der Waals surface area contributed by atoms with Crippen LogP contribution in [0.1, 0.15) is 36.1 Å². The Morgan fingerprint density at radius 1 is 0.949 bits per heavy atom. The predicted molar refractivity (Wildman–Crippen MR) is 160 cm³/mol. The molecule has 0 bridgehead atoms. The fraction of sp³-hybridized carbons (Fsp3) is 0.194. The first kappa shape index (κ1) is 28.1. The monoisotopic (exact) mass is 636 g/mol. The van der Waals surface area contributed by atoms with Crippen LogP contribution in [0.25, 0.3) is 6.08 Å². The van der Waals surface area contributed by atoms with E-state index in [4.69, 9.17) is 9.47 Å². The second-order valence-corrected chi connectivity index (χ2v) is 10.1. The van der Waals surface area contributed by atoms with Crippen LogP contribution >= 0.6 is 22.6 Å². The molecule has 1 fully saturated rings. The summed E-state index contributed by atoms with van der Waals surface area (Å²) in [7, 11) is 0. The molecule has 1 aliphatic heterocycles. The van der Waals surface area contributed by atoms with E-state index in [0.717, 1.165) is 31.6 Å². The Morgan fingerprint density at radius 3 is 2.28 bits per heavy atom. The molecule has 1 heterocycles. The summed E-state index contributed by atoms with van der Waals surface area (Å²) < 4.78 is 13.2. The topological polar surface area (TPSA) is 84.9 Å². The quantitative estimate of drug-likeness (QED) is 0.124. The molecule has 4 rings (SSSR count). The molecule has 7 nitrogen and oxygen atoms in total. The van der Waals surface area contributed by atoms with Crippen molar-refractivity contribution in [3.05, 3.63) is 105 Å². The van der Waals surface area contributed by atoms with Crippen LogP contribution in [0.3, 0.4) is 0 Å². The van der Waals surface area contributed by atoms with Crippen LogP contribution in [-0.4, -0.2) is 24.5 Å². The van der Waals surface area contributed by atoms with Gasteiger partial charge < -0.3 is 9.47 Å². The van der Waals surface area contributed by atoms with E-state index in [0.29, 0.717) is 42.4 Å². The second kappa shape index (κ2) is 12.8. The van der Waals surface area contributed by atoms with Gasteiger partial charge in [-0.1, -0.05) is 37.3 Å². The van der Waals surface area contributed by atoms with Crippen molar-refractivity contribution < 1.29 is 23.9 Å². The van der Waals surface area contributed by atoms with Gasteiger partial charge in [-0.05, 0) is 102 Å². The smallest absolute Gasteiger partial charge is 0.335 e. The molecule has 0 aliphatic carbocycles. The number of allylic oxidation sites excluding steroid dienone is 1. The van der Waals surface area contributed by atoms with Crippen LogP contribution in [-0.2, 0) is 29.0 Å². The van der Waals surface area contributed by atoms with Gasteiger partial charge in [0, 0.05) is 9.13 Å². The van der Waals surface area contributed by atoms with Gasteiger partial charge in [0.25, 0.3) is 11.8 Å². The van der Waals surface area contributed by atoms with Gasteiger partial charge in [0.15, 0.2) is 11.5 Å². The van der Waals surface area contributed by atoms with Crippen LogP contribution in [0.4, 0.5) is 10.5 Å². The Balaban J connectivity index is 1.70. The van der Waals surface area contributed by atoms with E-state index < -0.39 is 17.8 Å². The van der Waals surface area contributed by atoms with Crippen molar-refractivity contribution in [2.75, 3.05) is 11.5 Å². The molecule has 0 radical (unpaired) electrons. The zero-order valence-corrected chi connectivity index (χ0v) is 24.0. The number of nitrogens with zero attached hydrogens (tertiary/aromatic N) is 1. The Kier molecular flexibility index (Phi) is 9.19. The van der Waals surface area contributed by atoms with Crippen molar-refractivity contribution in [2.45, 2.75) is 33.3 Å². The molecule has 0 spiro atoms. The molecule has 3 aromatic rings. The molecule has 8 heteroatoms. The predicted octanol–water partition coefficient (Wildman–Crippen LogP) is 6.23. The molecule has 1 N–H and O–H groups in total. The molecule has 1 saturated heterocycles. The fourth-order valence-corrected chi connectivity index (χ4v) is 4.54. The highest BCUT2D eigenvalue weighted by Crippen LogP contribution is 2.36. The van der Waals surface area contributed by atoms with Crippen molar-refractivity contribution in [3.8, 4) is 11.5 Å². The number of aryl methyl sites for hydroxylation is 1. The number of barbiturate groups is 1.